The molecule has 0 unspecified atom stereocenters. The van der Waals surface area contributed by atoms with Crippen molar-refractivity contribution in [1.82, 2.24) is 5.32 Å². The van der Waals surface area contributed by atoms with Crippen LogP contribution in [0, 0.1) is 11.8 Å². The second kappa shape index (κ2) is 10.9. The molecule has 1 aliphatic carbocycles. The number of amides is 2. The Labute approximate surface area is 183 Å². The van der Waals surface area contributed by atoms with Crippen molar-refractivity contribution in [2.24, 2.45) is 17.6 Å². The van der Waals surface area contributed by atoms with E-state index in [-0.39, 0.29) is 23.5 Å². The number of ketones is 1. The molecular formula is C25H31N3O3. The number of nitrogens with one attached hydrogen (secondary N) is 2. The van der Waals surface area contributed by atoms with E-state index >= 15 is 0 Å². The quantitative estimate of drug-likeness (QED) is 0.569. The van der Waals surface area contributed by atoms with Gasteiger partial charge in [-0.15, -0.1) is 0 Å². The lowest BCUT2D eigenvalue weighted by atomic mass is 9.81. The van der Waals surface area contributed by atoms with E-state index in [4.69, 9.17) is 5.73 Å². The molecule has 2 amide bonds. The van der Waals surface area contributed by atoms with Gasteiger partial charge in [0.05, 0.1) is 0 Å². The zero-order valence-electron chi connectivity index (χ0n) is 18.0. The lowest BCUT2D eigenvalue weighted by Crippen LogP contribution is -2.48. The maximum absolute atomic E-state index is 13.0. The summed E-state index contributed by atoms with van der Waals surface area (Å²) < 4.78 is 0. The van der Waals surface area contributed by atoms with E-state index in [0.29, 0.717) is 30.1 Å². The predicted molar refractivity (Wildman–Crippen MR) is 122 cm³/mol. The largest absolute Gasteiger partial charge is 0.344 e. The fraction of sp³-hybridized carbons (Fsp3) is 0.400. The van der Waals surface area contributed by atoms with Crippen LogP contribution in [-0.4, -0.2) is 30.2 Å². The summed E-state index contributed by atoms with van der Waals surface area (Å²) >= 11 is 0. The zero-order valence-corrected chi connectivity index (χ0v) is 18.0. The number of anilines is 1. The summed E-state index contributed by atoms with van der Waals surface area (Å²) in [7, 11) is 0. The van der Waals surface area contributed by atoms with Gasteiger partial charge >= 0.3 is 0 Å². The van der Waals surface area contributed by atoms with Crippen molar-refractivity contribution in [2.75, 3.05) is 11.9 Å². The molecule has 0 aliphatic heterocycles. The number of hydrogen-bond acceptors (Lipinski definition) is 4. The van der Waals surface area contributed by atoms with Gasteiger partial charge in [0.2, 0.25) is 11.8 Å². The number of benzene rings is 2. The van der Waals surface area contributed by atoms with Gasteiger partial charge in [0.1, 0.15) is 6.04 Å². The van der Waals surface area contributed by atoms with E-state index in [1.165, 1.54) is 6.92 Å². The molecule has 1 aliphatic rings. The zero-order chi connectivity index (χ0) is 22.2. The van der Waals surface area contributed by atoms with Crippen molar-refractivity contribution in [3.05, 3.63) is 65.7 Å². The molecule has 2 aromatic rings. The molecule has 3 rings (SSSR count). The number of nitrogens with two attached hydrogens (primary N) is 1. The number of rotatable bonds is 8. The molecule has 6 heteroatoms. The average molecular weight is 422 g/mol. The molecule has 4 N–H and O–H groups in total. The first-order valence-electron chi connectivity index (χ1n) is 10.9. The number of hydrogen-bond donors (Lipinski definition) is 3. The van der Waals surface area contributed by atoms with Gasteiger partial charge in [0.15, 0.2) is 5.78 Å². The maximum Gasteiger partial charge on any atom is 0.247 e. The van der Waals surface area contributed by atoms with Crippen LogP contribution in [0.2, 0.25) is 0 Å². The molecule has 0 saturated heterocycles. The Morgan fingerprint density at radius 1 is 0.968 bits per heavy atom. The van der Waals surface area contributed by atoms with E-state index < -0.39 is 6.04 Å². The highest BCUT2D eigenvalue weighted by atomic mass is 16.2. The topological polar surface area (TPSA) is 101 Å². The molecule has 0 heterocycles. The van der Waals surface area contributed by atoms with Crippen LogP contribution in [0.15, 0.2) is 54.6 Å². The van der Waals surface area contributed by atoms with Gasteiger partial charge in [0, 0.05) is 23.6 Å². The van der Waals surface area contributed by atoms with Crippen molar-refractivity contribution in [3.63, 3.8) is 0 Å². The summed E-state index contributed by atoms with van der Waals surface area (Å²) in [5.41, 5.74) is 7.90. The Morgan fingerprint density at radius 3 is 2.19 bits per heavy atom. The van der Waals surface area contributed by atoms with Crippen LogP contribution in [0.1, 0.15) is 48.5 Å². The van der Waals surface area contributed by atoms with E-state index in [9.17, 15) is 14.4 Å². The first-order valence-corrected chi connectivity index (χ1v) is 10.9. The van der Waals surface area contributed by atoms with Crippen molar-refractivity contribution in [1.29, 1.82) is 0 Å². The van der Waals surface area contributed by atoms with Crippen LogP contribution in [-0.2, 0) is 16.0 Å². The Morgan fingerprint density at radius 2 is 1.61 bits per heavy atom. The van der Waals surface area contributed by atoms with Crippen LogP contribution < -0.4 is 16.4 Å². The van der Waals surface area contributed by atoms with Crippen molar-refractivity contribution in [2.45, 2.75) is 45.1 Å². The van der Waals surface area contributed by atoms with Crippen LogP contribution >= 0.6 is 0 Å². The number of carbonyl (C=O) groups is 3. The van der Waals surface area contributed by atoms with E-state index in [1.807, 2.05) is 30.3 Å². The Kier molecular flexibility index (Phi) is 7.95. The molecule has 164 valence electrons. The van der Waals surface area contributed by atoms with Gasteiger partial charge in [-0.3, -0.25) is 14.4 Å². The summed E-state index contributed by atoms with van der Waals surface area (Å²) in [6, 6.07) is 15.7. The lowest BCUT2D eigenvalue weighted by Gasteiger charge is -2.28. The van der Waals surface area contributed by atoms with E-state index in [2.05, 4.69) is 10.6 Å². The fourth-order valence-corrected chi connectivity index (χ4v) is 4.03. The molecule has 6 nitrogen and oxygen atoms in total. The monoisotopic (exact) mass is 421 g/mol. The van der Waals surface area contributed by atoms with Crippen molar-refractivity contribution in [3.8, 4) is 0 Å². The summed E-state index contributed by atoms with van der Waals surface area (Å²) in [6.45, 7) is 2.16. The maximum atomic E-state index is 13.0. The summed E-state index contributed by atoms with van der Waals surface area (Å²) in [5, 5.41) is 5.85. The van der Waals surface area contributed by atoms with Gasteiger partial charge < -0.3 is 16.4 Å². The number of carbonyl (C=O) groups excluding carboxylic acids is 3. The highest BCUT2D eigenvalue weighted by molar-refractivity contribution is 5.98. The minimum Gasteiger partial charge on any atom is -0.344 e. The molecule has 1 fully saturated rings. The molecule has 31 heavy (non-hydrogen) atoms. The summed E-state index contributed by atoms with van der Waals surface area (Å²) in [6.07, 6.45) is 3.92. The predicted octanol–water partition coefficient (Wildman–Crippen LogP) is 3.32. The molecular weight excluding hydrogens is 390 g/mol. The van der Waals surface area contributed by atoms with Gasteiger partial charge in [-0.1, -0.05) is 30.3 Å². The van der Waals surface area contributed by atoms with Gasteiger partial charge in [-0.2, -0.15) is 0 Å². The first kappa shape index (κ1) is 22.7. The van der Waals surface area contributed by atoms with Crippen LogP contribution in [0.3, 0.4) is 0 Å². The first-order chi connectivity index (χ1) is 15.0. The van der Waals surface area contributed by atoms with Crippen LogP contribution in [0.5, 0.6) is 0 Å². The van der Waals surface area contributed by atoms with Crippen LogP contribution in [0.4, 0.5) is 5.69 Å². The molecule has 0 aromatic heterocycles. The SMILES string of the molecule is CC(=O)c1ccc(NC(=O)[C@H](Cc2ccccc2)NC(=O)C2CCC(CN)CC2)cc1. The molecule has 1 saturated carbocycles. The van der Waals surface area contributed by atoms with Crippen molar-refractivity contribution < 1.29 is 14.4 Å². The summed E-state index contributed by atoms with van der Waals surface area (Å²) in [4.78, 5) is 37.4. The van der Waals surface area contributed by atoms with E-state index in [1.54, 1.807) is 24.3 Å². The Hall–Kier alpha value is -2.99. The fourth-order valence-electron chi connectivity index (χ4n) is 4.03. The second-order valence-electron chi connectivity index (χ2n) is 8.33. The highest BCUT2D eigenvalue weighted by Crippen LogP contribution is 2.28. The van der Waals surface area contributed by atoms with Gasteiger partial charge in [-0.25, -0.2) is 0 Å². The Balaban J connectivity index is 1.68. The third-order valence-corrected chi connectivity index (χ3v) is 6.03. The third kappa shape index (κ3) is 6.49. The van der Waals surface area contributed by atoms with E-state index in [0.717, 1.165) is 31.2 Å². The number of Topliss-reactive ketones (excluding diaryl/α,β-unsaturated/α-hetero) is 1. The molecule has 0 spiro atoms. The normalized spacial score (nSPS) is 19.3. The molecule has 0 radical (unpaired) electrons. The molecule has 2 aromatic carbocycles. The van der Waals surface area contributed by atoms with Gasteiger partial charge in [0.25, 0.3) is 0 Å². The molecule has 1 atom stereocenters. The second-order valence-corrected chi connectivity index (χ2v) is 8.33. The van der Waals surface area contributed by atoms with Gasteiger partial charge in [-0.05, 0) is 74.9 Å². The van der Waals surface area contributed by atoms with Crippen LogP contribution in [0.25, 0.3) is 0 Å². The third-order valence-electron chi connectivity index (χ3n) is 6.03. The minimum absolute atomic E-state index is 0.0311. The highest BCUT2D eigenvalue weighted by Gasteiger charge is 2.29. The summed E-state index contributed by atoms with van der Waals surface area (Å²) in [5.74, 6) is 0.0347. The molecule has 0 bridgehead atoms. The smallest absolute Gasteiger partial charge is 0.247 e. The van der Waals surface area contributed by atoms with Crippen molar-refractivity contribution >= 4 is 23.3 Å². The minimum atomic E-state index is -0.686. The Bertz CT molecular complexity index is 888. The average Bonchev–Trinajstić information content (AvgIpc) is 2.79. The standard InChI is InChI=1S/C25H31N3O3/c1-17(29)20-11-13-22(14-12-20)27-25(31)23(15-18-5-3-2-4-6-18)28-24(30)21-9-7-19(16-26)8-10-21/h2-6,11-14,19,21,23H,7-10,15-16,26H2,1H3,(H,27,31)(H,28,30)/t19?,21?,23-/m0/s1. The lowest BCUT2D eigenvalue weighted by molar-refractivity contribution is -0.130.